The molecule has 84 valence electrons. The molecule has 0 aliphatic carbocycles. The van der Waals surface area contributed by atoms with Crippen molar-refractivity contribution >= 4 is 49.5 Å². The summed E-state index contributed by atoms with van der Waals surface area (Å²) >= 11 is 6.73. The third kappa shape index (κ3) is 2.27. The molecule has 0 saturated carbocycles. The number of hydrogen-bond donors (Lipinski definition) is 1. The maximum Gasteiger partial charge on any atom is 0.328 e. The molecule has 2 rings (SSSR count). The van der Waals surface area contributed by atoms with Gasteiger partial charge in [0.1, 0.15) is 0 Å². The van der Waals surface area contributed by atoms with E-state index in [-0.39, 0.29) is 11.9 Å². The van der Waals surface area contributed by atoms with Crippen LogP contribution in [-0.2, 0) is 4.79 Å². The molecule has 16 heavy (non-hydrogen) atoms. The Morgan fingerprint density at radius 3 is 2.62 bits per heavy atom. The highest BCUT2D eigenvalue weighted by molar-refractivity contribution is 9.11. The van der Waals surface area contributed by atoms with Crippen LogP contribution in [0.4, 0.5) is 10.5 Å². The first-order chi connectivity index (χ1) is 7.58. The smallest absolute Gasteiger partial charge is 0.292 e. The fourth-order valence-corrected chi connectivity index (χ4v) is 2.76. The standard InChI is InChI=1S/C10H8Br2N2O2/c11-6-1-2-8(7(12)5-6)14-4-3-9(15)13-10(14)16/h1-2,5H,3-4H2,(H,13,15,16). The summed E-state index contributed by atoms with van der Waals surface area (Å²) in [5.41, 5.74) is 0.758. The summed E-state index contributed by atoms with van der Waals surface area (Å²) in [5.74, 6) is -0.227. The Balaban J connectivity index is 2.30. The van der Waals surface area contributed by atoms with Crippen molar-refractivity contribution < 1.29 is 9.59 Å². The minimum Gasteiger partial charge on any atom is -0.292 e. The average Bonchev–Trinajstić information content (AvgIpc) is 2.19. The van der Waals surface area contributed by atoms with Gasteiger partial charge in [0.05, 0.1) is 5.69 Å². The van der Waals surface area contributed by atoms with Crippen molar-refractivity contribution in [2.75, 3.05) is 11.4 Å². The van der Waals surface area contributed by atoms with Crippen molar-refractivity contribution in [3.8, 4) is 0 Å². The van der Waals surface area contributed by atoms with E-state index in [0.29, 0.717) is 13.0 Å². The first-order valence-electron chi connectivity index (χ1n) is 4.64. The third-order valence-electron chi connectivity index (χ3n) is 2.25. The Labute approximate surface area is 109 Å². The molecule has 1 fully saturated rings. The van der Waals surface area contributed by atoms with Crippen molar-refractivity contribution in [2.24, 2.45) is 0 Å². The van der Waals surface area contributed by atoms with Crippen molar-refractivity contribution in [2.45, 2.75) is 6.42 Å². The topological polar surface area (TPSA) is 49.4 Å². The lowest BCUT2D eigenvalue weighted by atomic mass is 10.2. The summed E-state index contributed by atoms with van der Waals surface area (Å²) in [5, 5.41) is 2.29. The highest BCUT2D eigenvalue weighted by Crippen LogP contribution is 2.30. The molecule has 1 aromatic rings. The molecule has 0 atom stereocenters. The number of hydrogen-bond acceptors (Lipinski definition) is 2. The van der Waals surface area contributed by atoms with E-state index < -0.39 is 0 Å². The molecule has 1 N–H and O–H groups in total. The molecule has 0 bridgehead atoms. The van der Waals surface area contributed by atoms with Crippen LogP contribution >= 0.6 is 31.9 Å². The molecule has 0 radical (unpaired) electrons. The Bertz CT molecular complexity index is 462. The van der Waals surface area contributed by atoms with E-state index in [9.17, 15) is 9.59 Å². The summed E-state index contributed by atoms with van der Waals surface area (Å²) in [7, 11) is 0. The van der Waals surface area contributed by atoms with Crippen LogP contribution in [0.25, 0.3) is 0 Å². The second-order valence-corrected chi connectivity index (χ2v) is 5.12. The number of carbonyl (C=O) groups is 2. The number of halogens is 2. The van der Waals surface area contributed by atoms with Gasteiger partial charge in [0.2, 0.25) is 5.91 Å². The molecule has 1 aliphatic heterocycles. The zero-order valence-electron chi connectivity index (χ0n) is 8.17. The lowest BCUT2D eigenvalue weighted by Crippen LogP contribution is -2.49. The SMILES string of the molecule is O=C1CCN(c2ccc(Br)cc2Br)C(=O)N1. The monoisotopic (exact) mass is 346 g/mol. The van der Waals surface area contributed by atoms with Crippen molar-refractivity contribution in [1.82, 2.24) is 5.32 Å². The van der Waals surface area contributed by atoms with Gasteiger partial charge >= 0.3 is 6.03 Å². The van der Waals surface area contributed by atoms with Gasteiger partial charge in [-0.05, 0) is 34.1 Å². The highest BCUT2D eigenvalue weighted by atomic mass is 79.9. The van der Waals surface area contributed by atoms with Crippen LogP contribution in [0.1, 0.15) is 6.42 Å². The van der Waals surface area contributed by atoms with Gasteiger partial charge in [0.15, 0.2) is 0 Å². The Kier molecular flexibility index (Phi) is 3.30. The Hall–Kier alpha value is -0.880. The Morgan fingerprint density at radius 1 is 1.25 bits per heavy atom. The Morgan fingerprint density at radius 2 is 2.00 bits per heavy atom. The van der Waals surface area contributed by atoms with Gasteiger partial charge in [0, 0.05) is 21.9 Å². The largest absolute Gasteiger partial charge is 0.328 e. The van der Waals surface area contributed by atoms with E-state index in [1.807, 2.05) is 18.2 Å². The lowest BCUT2D eigenvalue weighted by molar-refractivity contribution is -0.120. The predicted molar refractivity (Wildman–Crippen MR) is 67.3 cm³/mol. The number of nitrogens with one attached hydrogen (secondary N) is 1. The molecule has 4 nitrogen and oxygen atoms in total. The van der Waals surface area contributed by atoms with Crippen molar-refractivity contribution in [1.29, 1.82) is 0 Å². The van der Waals surface area contributed by atoms with E-state index in [2.05, 4.69) is 37.2 Å². The van der Waals surface area contributed by atoms with E-state index >= 15 is 0 Å². The molecule has 3 amide bonds. The molecule has 0 aromatic heterocycles. The van der Waals surface area contributed by atoms with E-state index in [0.717, 1.165) is 14.6 Å². The van der Waals surface area contributed by atoms with Crippen LogP contribution in [0.15, 0.2) is 27.1 Å². The van der Waals surface area contributed by atoms with E-state index in [1.165, 1.54) is 4.90 Å². The number of amides is 3. The fourth-order valence-electron chi connectivity index (χ4n) is 1.49. The first-order valence-corrected chi connectivity index (χ1v) is 6.23. The average molecular weight is 348 g/mol. The van der Waals surface area contributed by atoms with Crippen LogP contribution in [0.2, 0.25) is 0 Å². The zero-order valence-corrected chi connectivity index (χ0v) is 11.3. The minimum absolute atomic E-state index is 0.227. The van der Waals surface area contributed by atoms with E-state index in [1.54, 1.807) is 0 Å². The van der Waals surface area contributed by atoms with Gasteiger partial charge in [-0.1, -0.05) is 15.9 Å². The molecule has 1 heterocycles. The van der Waals surface area contributed by atoms with Crippen LogP contribution in [0, 0.1) is 0 Å². The highest BCUT2D eigenvalue weighted by Gasteiger charge is 2.25. The maximum absolute atomic E-state index is 11.6. The maximum atomic E-state index is 11.6. The molecule has 1 saturated heterocycles. The minimum atomic E-state index is -0.376. The van der Waals surface area contributed by atoms with Crippen LogP contribution in [-0.4, -0.2) is 18.5 Å². The number of anilines is 1. The van der Waals surface area contributed by atoms with Crippen LogP contribution < -0.4 is 10.2 Å². The molecule has 0 spiro atoms. The summed E-state index contributed by atoms with van der Waals surface area (Å²) in [6.45, 7) is 0.408. The summed E-state index contributed by atoms with van der Waals surface area (Å²) in [4.78, 5) is 24.2. The number of nitrogens with zero attached hydrogens (tertiary/aromatic N) is 1. The number of benzene rings is 1. The normalized spacial score (nSPS) is 16.2. The van der Waals surface area contributed by atoms with Gasteiger partial charge in [-0.25, -0.2) is 4.79 Å². The zero-order chi connectivity index (χ0) is 11.7. The molecule has 6 heteroatoms. The summed E-state index contributed by atoms with van der Waals surface area (Å²) in [6, 6.07) is 5.16. The van der Waals surface area contributed by atoms with Gasteiger partial charge in [-0.15, -0.1) is 0 Å². The van der Waals surface area contributed by atoms with Gasteiger partial charge in [-0.2, -0.15) is 0 Å². The third-order valence-corrected chi connectivity index (χ3v) is 3.38. The molecule has 1 aromatic carbocycles. The predicted octanol–water partition coefficient (Wildman–Crippen LogP) is 2.66. The second-order valence-electron chi connectivity index (χ2n) is 3.35. The van der Waals surface area contributed by atoms with Crippen LogP contribution in [0.5, 0.6) is 0 Å². The molecule has 1 aliphatic rings. The van der Waals surface area contributed by atoms with Crippen molar-refractivity contribution in [3.63, 3.8) is 0 Å². The van der Waals surface area contributed by atoms with Crippen molar-refractivity contribution in [3.05, 3.63) is 27.1 Å². The number of imide groups is 1. The molecular formula is C10H8Br2N2O2. The summed E-state index contributed by atoms with van der Waals surface area (Å²) < 4.78 is 1.74. The van der Waals surface area contributed by atoms with Gasteiger partial charge in [0.25, 0.3) is 0 Å². The second kappa shape index (κ2) is 4.55. The summed E-state index contributed by atoms with van der Waals surface area (Å²) in [6.07, 6.45) is 0.328. The quantitative estimate of drug-likeness (QED) is 0.849. The van der Waals surface area contributed by atoms with Gasteiger partial charge < -0.3 is 0 Å². The van der Waals surface area contributed by atoms with E-state index in [4.69, 9.17) is 0 Å². The van der Waals surface area contributed by atoms with Crippen LogP contribution in [0.3, 0.4) is 0 Å². The van der Waals surface area contributed by atoms with Gasteiger partial charge in [-0.3, -0.25) is 15.0 Å². The number of urea groups is 1. The number of rotatable bonds is 1. The number of carbonyl (C=O) groups excluding carboxylic acids is 2. The first kappa shape index (κ1) is 11.6. The molecule has 0 unspecified atom stereocenters. The fraction of sp³-hybridized carbons (Fsp3) is 0.200. The molecular weight excluding hydrogens is 340 g/mol. The lowest BCUT2D eigenvalue weighted by Gasteiger charge is -2.27.